The van der Waals surface area contributed by atoms with Crippen LogP contribution in [0.5, 0.6) is 0 Å². The number of rotatable bonds is 7. The van der Waals surface area contributed by atoms with Gasteiger partial charge in [0.15, 0.2) is 0 Å². The molecule has 0 unspecified atom stereocenters. The third-order valence-electron chi connectivity index (χ3n) is 7.16. The molecule has 1 aromatic carbocycles. The zero-order valence-corrected chi connectivity index (χ0v) is 20.7. The summed E-state index contributed by atoms with van der Waals surface area (Å²) < 4.78 is 6.27. The second kappa shape index (κ2) is 9.86. The van der Waals surface area contributed by atoms with Crippen molar-refractivity contribution in [2.45, 2.75) is 44.4 Å². The van der Waals surface area contributed by atoms with Crippen LogP contribution in [0, 0.1) is 5.92 Å². The lowest BCUT2D eigenvalue weighted by molar-refractivity contribution is -0.158. The van der Waals surface area contributed by atoms with Gasteiger partial charge in [0.1, 0.15) is 5.56 Å². The van der Waals surface area contributed by atoms with Crippen LogP contribution in [0.25, 0.3) is 0 Å². The molecule has 3 aromatic rings. The number of nitrogens with one attached hydrogen (secondary N) is 1. The van der Waals surface area contributed by atoms with Gasteiger partial charge >= 0.3 is 11.9 Å². The number of carboxylic acids is 1. The molecule has 5 rings (SSSR count). The van der Waals surface area contributed by atoms with Gasteiger partial charge in [-0.05, 0) is 30.5 Å². The molecule has 0 spiro atoms. The fourth-order valence-corrected chi connectivity index (χ4v) is 5.14. The second-order valence-electron chi connectivity index (χ2n) is 9.91. The molecule has 198 valence electrons. The average molecular weight is 522 g/mol. The molecule has 0 bridgehead atoms. The van der Waals surface area contributed by atoms with Gasteiger partial charge in [-0.3, -0.25) is 14.4 Å². The molecule has 1 saturated carbocycles. The molecular formula is C26H27N5O7. The Balaban J connectivity index is 1.26. The quantitative estimate of drug-likeness (QED) is 0.380. The first-order valence-electron chi connectivity index (χ1n) is 12.2. The molecule has 2 aliphatic rings. The monoisotopic (exact) mass is 521 g/mol. The summed E-state index contributed by atoms with van der Waals surface area (Å²) in [7, 11) is 1.21. The highest BCUT2D eigenvalue weighted by atomic mass is 16.5. The standard InChI is InChI=1S/C26H27N5O7/c1-38-25(36)19-11-27-21-5-6-30(14-20(21)22(19)32)23(33)16-4-2-3-15(7-16)12-31-13-18(28-29-31)10-26(37)8-17(9-26)24(34)35/h2-4,7,11,13,17,37H,5-6,8-10,12,14H2,1H3,(H,27,32)(H,34,35). The van der Waals surface area contributed by atoms with E-state index in [1.54, 1.807) is 34.0 Å². The normalized spacial score (nSPS) is 20.4. The zero-order valence-electron chi connectivity index (χ0n) is 20.7. The highest BCUT2D eigenvalue weighted by Crippen LogP contribution is 2.40. The van der Waals surface area contributed by atoms with E-state index in [4.69, 9.17) is 5.11 Å². The van der Waals surface area contributed by atoms with Gasteiger partial charge in [-0.1, -0.05) is 17.3 Å². The van der Waals surface area contributed by atoms with Crippen LogP contribution in [0.1, 0.15) is 56.1 Å². The van der Waals surface area contributed by atoms with Gasteiger partial charge in [0.05, 0.1) is 37.4 Å². The first-order valence-corrected chi connectivity index (χ1v) is 12.2. The van der Waals surface area contributed by atoms with Gasteiger partial charge in [-0.25, -0.2) is 9.48 Å². The highest BCUT2D eigenvalue weighted by molar-refractivity contribution is 5.94. The number of pyridine rings is 1. The van der Waals surface area contributed by atoms with Crippen molar-refractivity contribution in [2.75, 3.05) is 13.7 Å². The summed E-state index contributed by atoms with van der Waals surface area (Å²) in [5, 5.41) is 27.8. The zero-order chi connectivity index (χ0) is 27.0. The summed E-state index contributed by atoms with van der Waals surface area (Å²) in [5.74, 6) is -2.40. The summed E-state index contributed by atoms with van der Waals surface area (Å²) in [5.41, 5.74) is 1.29. The third-order valence-corrected chi connectivity index (χ3v) is 7.16. The number of aliphatic hydroxyl groups is 1. The number of carbonyl (C=O) groups excluding carboxylic acids is 2. The number of esters is 1. The van der Waals surface area contributed by atoms with E-state index < -0.39 is 28.9 Å². The Kier molecular flexibility index (Phi) is 6.57. The molecule has 2 aromatic heterocycles. The van der Waals surface area contributed by atoms with Crippen molar-refractivity contribution in [1.29, 1.82) is 0 Å². The number of nitrogens with zero attached hydrogens (tertiary/aromatic N) is 4. The second-order valence-corrected chi connectivity index (χ2v) is 9.91. The molecule has 0 saturated heterocycles. The van der Waals surface area contributed by atoms with Crippen LogP contribution in [0.4, 0.5) is 0 Å². The Bertz CT molecular complexity index is 1470. The van der Waals surface area contributed by atoms with Crippen molar-refractivity contribution in [2.24, 2.45) is 5.92 Å². The maximum Gasteiger partial charge on any atom is 0.343 e. The molecule has 1 aliphatic carbocycles. The number of ether oxygens (including phenoxy) is 1. The van der Waals surface area contributed by atoms with Crippen molar-refractivity contribution in [3.63, 3.8) is 0 Å². The average Bonchev–Trinajstić information content (AvgIpc) is 3.32. The van der Waals surface area contributed by atoms with E-state index in [1.165, 1.54) is 13.3 Å². The fraction of sp³-hybridized carbons (Fsp3) is 0.385. The van der Waals surface area contributed by atoms with Crippen molar-refractivity contribution >= 4 is 17.8 Å². The summed E-state index contributed by atoms with van der Waals surface area (Å²) >= 11 is 0. The molecule has 1 amide bonds. The molecular weight excluding hydrogens is 494 g/mol. The number of fused-ring (bicyclic) bond motifs is 1. The van der Waals surface area contributed by atoms with E-state index in [2.05, 4.69) is 20.0 Å². The summed E-state index contributed by atoms with van der Waals surface area (Å²) in [6.45, 7) is 0.841. The smallest absolute Gasteiger partial charge is 0.343 e. The minimum atomic E-state index is -1.08. The molecule has 3 N–H and O–H groups in total. The molecule has 1 fully saturated rings. The lowest BCUT2D eigenvalue weighted by Gasteiger charge is -2.41. The number of aromatic nitrogens is 4. The minimum absolute atomic E-state index is 0.0800. The number of methoxy groups -OCH3 is 1. The molecule has 12 nitrogen and oxygen atoms in total. The molecule has 38 heavy (non-hydrogen) atoms. The van der Waals surface area contributed by atoms with Gasteiger partial charge in [0, 0.05) is 48.6 Å². The number of hydrogen-bond acceptors (Lipinski definition) is 8. The van der Waals surface area contributed by atoms with Crippen LogP contribution in [0.15, 0.2) is 41.5 Å². The first kappa shape index (κ1) is 25.3. The minimum Gasteiger partial charge on any atom is -0.481 e. The van der Waals surface area contributed by atoms with Gasteiger partial charge < -0.3 is 24.8 Å². The topological polar surface area (TPSA) is 168 Å². The number of carboxylic acid groups (broad SMARTS) is 1. The van der Waals surface area contributed by atoms with E-state index in [0.29, 0.717) is 42.0 Å². The predicted octanol–water partition coefficient (Wildman–Crippen LogP) is 0.768. The van der Waals surface area contributed by atoms with E-state index in [-0.39, 0.29) is 37.3 Å². The van der Waals surface area contributed by atoms with Crippen LogP contribution in [0.2, 0.25) is 0 Å². The molecule has 0 atom stereocenters. The lowest BCUT2D eigenvalue weighted by atomic mass is 9.69. The van der Waals surface area contributed by atoms with Crippen molar-refractivity contribution < 1.29 is 29.3 Å². The van der Waals surface area contributed by atoms with Gasteiger partial charge in [0.25, 0.3) is 5.91 Å². The Morgan fingerprint density at radius 2 is 2.05 bits per heavy atom. The summed E-state index contributed by atoms with van der Waals surface area (Å²) in [4.78, 5) is 53.6. The number of H-pyrrole nitrogens is 1. The van der Waals surface area contributed by atoms with Crippen molar-refractivity contribution in [3.05, 3.63) is 80.5 Å². The van der Waals surface area contributed by atoms with E-state index >= 15 is 0 Å². The Morgan fingerprint density at radius 3 is 2.79 bits per heavy atom. The highest BCUT2D eigenvalue weighted by Gasteiger charge is 2.46. The number of carbonyl (C=O) groups is 3. The fourth-order valence-electron chi connectivity index (χ4n) is 5.14. The van der Waals surface area contributed by atoms with Crippen LogP contribution < -0.4 is 5.43 Å². The van der Waals surface area contributed by atoms with Gasteiger partial charge in [-0.15, -0.1) is 5.10 Å². The maximum atomic E-state index is 13.3. The lowest BCUT2D eigenvalue weighted by Crippen LogP contribution is -2.48. The van der Waals surface area contributed by atoms with E-state index in [0.717, 1.165) is 5.56 Å². The van der Waals surface area contributed by atoms with Crippen LogP contribution in [-0.4, -0.2) is 72.2 Å². The summed E-state index contributed by atoms with van der Waals surface area (Å²) in [6.07, 6.45) is 4.11. The van der Waals surface area contributed by atoms with E-state index in [1.807, 2.05) is 6.07 Å². The number of amides is 1. The van der Waals surface area contributed by atoms with Crippen molar-refractivity contribution in [1.82, 2.24) is 24.9 Å². The summed E-state index contributed by atoms with van der Waals surface area (Å²) in [6, 6.07) is 7.08. The first-order chi connectivity index (χ1) is 18.2. The van der Waals surface area contributed by atoms with Gasteiger partial charge in [-0.2, -0.15) is 0 Å². The van der Waals surface area contributed by atoms with Crippen LogP contribution in [0.3, 0.4) is 0 Å². The SMILES string of the molecule is COC(=O)c1c[nH]c2c(c1=O)CN(C(=O)c1cccc(Cn3cc(CC4(O)CC(C(=O)O)C4)nn3)c1)CC2. The largest absolute Gasteiger partial charge is 0.481 e. The van der Waals surface area contributed by atoms with Crippen molar-refractivity contribution in [3.8, 4) is 0 Å². The number of hydrogen-bond donors (Lipinski definition) is 3. The molecule has 1 aliphatic heterocycles. The van der Waals surface area contributed by atoms with E-state index in [9.17, 15) is 24.3 Å². The Labute approximate surface area is 216 Å². The molecule has 3 heterocycles. The number of aliphatic carboxylic acids is 1. The Hall–Kier alpha value is -4.32. The predicted molar refractivity (Wildman–Crippen MR) is 131 cm³/mol. The number of aromatic amines is 1. The molecule has 12 heteroatoms. The van der Waals surface area contributed by atoms with Crippen LogP contribution >= 0.6 is 0 Å². The number of benzene rings is 1. The maximum absolute atomic E-state index is 13.3. The molecule has 0 radical (unpaired) electrons. The Morgan fingerprint density at radius 1 is 1.26 bits per heavy atom. The third kappa shape index (κ3) is 4.94. The van der Waals surface area contributed by atoms with Crippen LogP contribution in [-0.2, 0) is 35.5 Å². The van der Waals surface area contributed by atoms with Gasteiger partial charge in [0.2, 0.25) is 5.43 Å².